The van der Waals surface area contributed by atoms with Gasteiger partial charge >= 0.3 is 0 Å². The third-order valence-electron chi connectivity index (χ3n) is 6.22. The van der Waals surface area contributed by atoms with Crippen molar-refractivity contribution in [3.05, 3.63) is 89.6 Å². The van der Waals surface area contributed by atoms with Gasteiger partial charge in [0.2, 0.25) is 0 Å². The van der Waals surface area contributed by atoms with E-state index >= 15 is 0 Å². The number of pyridine rings is 2. The molecule has 3 atom stereocenters. The third-order valence-corrected chi connectivity index (χ3v) is 6.22. The number of amides is 1. The van der Waals surface area contributed by atoms with Crippen LogP contribution in [0.15, 0.2) is 67.0 Å². The average Bonchev–Trinajstić information content (AvgIpc) is 2.82. The largest absolute Gasteiger partial charge is 0.388 e. The van der Waals surface area contributed by atoms with Crippen LogP contribution < -0.4 is 11.1 Å². The molecule has 1 amide bonds. The Kier molecular flexibility index (Phi) is 6.62. The highest BCUT2D eigenvalue weighted by Gasteiger charge is 2.31. The second-order valence-corrected chi connectivity index (χ2v) is 8.52. The lowest BCUT2D eigenvalue weighted by Crippen LogP contribution is -2.28. The van der Waals surface area contributed by atoms with Gasteiger partial charge in [-0.2, -0.15) is 0 Å². The zero-order valence-corrected chi connectivity index (χ0v) is 18.5. The number of carbonyl (C=O) groups is 1. The van der Waals surface area contributed by atoms with Gasteiger partial charge in [0.1, 0.15) is 11.5 Å². The predicted octanol–water partition coefficient (Wildman–Crippen LogP) is 4.42. The molecule has 1 aromatic carbocycles. The number of halogens is 1. The van der Waals surface area contributed by atoms with E-state index in [-0.39, 0.29) is 24.1 Å². The number of nitrogens with two attached hydrogens (primary N) is 1. The lowest BCUT2D eigenvalue weighted by Gasteiger charge is -2.34. The molecule has 1 saturated carbocycles. The van der Waals surface area contributed by atoms with E-state index in [0.29, 0.717) is 28.9 Å². The van der Waals surface area contributed by atoms with Crippen LogP contribution in [-0.2, 0) is 6.54 Å². The van der Waals surface area contributed by atoms with E-state index in [1.165, 1.54) is 6.07 Å². The van der Waals surface area contributed by atoms with Gasteiger partial charge in [0, 0.05) is 18.3 Å². The number of benzene rings is 1. The third kappa shape index (κ3) is 4.69. The first kappa shape index (κ1) is 22.8. The van der Waals surface area contributed by atoms with Gasteiger partial charge in [-0.3, -0.25) is 9.78 Å². The molecule has 0 spiro atoms. The molecule has 6 nitrogen and oxygen atoms in total. The number of hydrogen-bond acceptors (Lipinski definition) is 5. The summed E-state index contributed by atoms with van der Waals surface area (Å²) < 4.78 is 14.5. The maximum Gasteiger partial charge on any atom is 0.274 e. The van der Waals surface area contributed by atoms with Crippen LogP contribution in [0.1, 0.15) is 47.3 Å². The summed E-state index contributed by atoms with van der Waals surface area (Å²) in [5, 5.41) is 13.1. The maximum atomic E-state index is 14.5. The van der Waals surface area contributed by atoms with Crippen LogP contribution in [0, 0.1) is 11.7 Å². The summed E-state index contributed by atoms with van der Waals surface area (Å²) in [6.07, 6.45) is 4.20. The van der Waals surface area contributed by atoms with Crippen LogP contribution in [0.5, 0.6) is 0 Å². The maximum absolute atomic E-state index is 14.5. The Morgan fingerprint density at radius 2 is 2.06 bits per heavy atom. The lowest BCUT2D eigenvalue weighted by molar-refractivity contribution is 0.102. The summed E-state index contributed by atoms with van der Waals surface area (Å²) in [7, 11) is 0. The SMILES string of the molecule is C=C1C[C@H](c2ccncc2NC(=O)c2cccc(-c3c(F)cccc3CN)n2)C[C@H](C)[C@H]1O. The quantitative estimate of drug-likeness (QED) is 0.504. The molecule has 0 saturated heterocycles. The van der Waals surface area contributed by atoms with E-state index in [9.17, 15) is 14.3 Å². The smallest absolute Gasteiger partial charge is 0.274 e. The fourth-order valence-corrected chi connectivity index (χ4v) is 4.52. The Hall–Kier alpha value is -3.42. The molecule has 0 radical (unpaired) electrons. The summed E-state index contributed by atoms with van der Waals surface area (Å²) in [5.41, 5.74) is 9.51. The van der Waals surface area contributed by atoms with Crippen LogP contribution in [0.4, 0.5) is 10.1 Å². The van der Waals surface area contributed by atoms with Gasteiger partial charge in [-0.05, 0) is 65.6 Å². The van der Waals surface area contributed by atoms with Gasteiger partial charge in [0.05, 0.1) is 23.7 Å². The van der Waals surface area contributed by atoms with E-state index in [1.807, 2.05) is 13.0 Å². The molecule has 1 aliphatic carbocycles. The van der Waals surface area contributed by atoms with Crippen molar-refractivity contribution in [1.82, 2.24) is 9.97 Å². The molecule has 4 N–H and O–H groups in total. The molecule has 0 unspecified atom stereocenters. The molecule has 0 aliphatic heterocycles. The van der Waals surface area contributed by atoms with Crippen molar-refractivity contribution in [2.75, 3.05) is 5.32 Å². The van der Waals surface area contributed by atoms with Gasteiger partial charge in [0.15, 0.2) is 0 Å². The van der Waals surface area contributed by atoms with E-state index < -0.39 is 17.8 Å². The molecule has 3 aromatic rings. The number of rotatable bonds is 5. The van der Waals surface area contributed by atoms with Gasteiger partial charge in [0.25, 0.3) is 5.91 Å². The summed E-state index contributed by atoms with van der Waals surface area (Å²) in [6.45, 7) is 6.17. The number of hydrogen-bond donors (Lipinski definition) is 3. The molecular formula is C26H27FN4O2. The Balaban J connectivity index is 1.61. The van der Waals surface area contributed by atoms with E-state index in [0.717, 1.165) is 17.6 Å². The number of carbonyl (C=O) groups excluding carboxylic acids is 1. The minimum atomic E-state index is -0.509. The van der Waals surface area contributed by atoms with E-state index in [1.54, 1.807) is 42.7 Å². The van der Waals surface area contributed by atoms with Gasteiger partial charge < -0.3 is 16.2 Å². The van der Waals surface area contributed by atoms with Crippen LogP contribution in [0.25, 0.3) is 11.3 Å². The Bertz CT molecular complexity index is 1200. The molecule has 33 heavy (non-hydrogen) atoms. The molecule has 0 bridgehead atoms. The molecule has 2 aromatic heterocycles. The molecule has 1 aliphatic rings. The topological polar surface area (TPSA) is 101 Å². The fourth-order valence-electron chi connectivity index (χ4n) is 4.52. The van der Waals surface area contributed by atoms with E-state index in [2.05, 4.69) is 21.9 Å². The standard InChI is InChI=1S/C26H27FN4O2/c1-15-11-18(12-16(2)25(15)32)19-9-10-29-14-23(19)31-26(33)22-8-4-7-21(30-22)24-17(13-28)5-3-6-20(24)27/h3-10,14,16,18,25,32H,1,11-13,28H2,2H3,(H,31,33)/t16-,18-,25-/m0/s1. The molecular weight excluding hydrogens is 419 g/mol. The number of aliphatic hydroxyl groups is 1. The van der Waals surface area contributed by atoms with Gasteiger partial charge in [-0.1, -0.05) is 31.7 Å². The second-order valence-electron chi connectivity index (χ2n) is 8.52. The predicted molar refractivity (Wildman–Crippen MR) is 126 cm³/mol. The number of nitrogens with one attached hydrogen (secondary N) is 1. The van der Waals surface area contributed by atoms with Crippen molar-refractivity contribution >= 4 is 11.6 Å². The highest BCUT2D eigenvalue weighted by molar-refractivity contribution is 6.03. The van der Waals surface area contributed by atoms with E-state index in [4.69, 9.17) is 5.73 Å². The molecule has 170 valence electrons. The molecule has 1 fully saturated rings. The highest BCUT2D eigenvalue weighted by atomic mass is 19.1. The Morgan fingerprint density at radius 1 is 1.27 bits per heavy atom. The minimum Gasteiger partial charge on any atom is -0.388 e. The Morgan fingerprint density at radius 3 is 2.82 bits per heavy atom. The normalized spacial score (nSPS) is 20.5. The summed E-state index contributed by atoms with van der Waals surface area (Å²) >= 11 is 0. The first-order valence-electron chi connectivity index (χ1n) is 10.9. The summed E-state index contributed by atoms with van der Waals surface area (Å²) in [4.78, 5) is 21.7. The number of aliphatic hydroxyl groups excluding tert-OH is 1. The summed E-state index contributed by atoms with van der Waals surface area (Å²) in [6, 6.07) is 11.5. The highest BCUT2D eigenvalue weighted by Crippen LogP contribution is 2.40. The monoisotopic (exact) mass is 446 g/mol. The molecule has 7 heteroatoms. The number of nitrogens with zero attached hydrogens (tertiary/aromatic N) is 2. The van der Waals surface area contributed by atoms with Crippen molar-refractivity contribution in [3.8, 4) is 11.3 Å². The number of aromatic nitrogens is 2. The van der Waals surface area contributed by atoms with Gasteiger partial charge in [-0.15, -0.1) is 0 Å². The van der Waals surface area contributed by atoms with Crippen molar-refractivity contribution in [1.29, 1.82) is 0 Å². The first-order valence-corrected chi connectivity index (χ1v) is 10.9. The zero-order chi connectivity index (χ0) is 23.5. The lowest BCUT2D eigenvalue weighted by atomic mass is 9.75. The number of anilines is 1. The van der Waals surface area contributed by atoms with Crippen LogP contribution in [-0.4, -0.2) is 27.1 Å². The summed E-state index contributed by atoms with van der Waals surface area (Å²) in [5.74, 6) is -0.673. The van der Waals surface area contributed by atoms with Crippen molar-refractivity contribution in [2.45, 2.75) is 38.3 Å². The van der Waals surface area contributed by atoms with Crippen molar-refractivity contribution in [2.24, 2.45) is 11.7 Å². The molecule has 2 heterocycles. The fraction of sp³-hybridized carbons (Fsp3) is 0.269. The Labute approximate surface area is 192 Å². The molecule has 4 rings (SSSR count). The first-order chi connectivity index (χ1) is 15.9. The van der Waals surface area contributed by atoms with Crippen LogP contribution in [0.2, 0.25) is 0 Å². The van der Waals surface area contributed by atoms with Crippen molar-refractivity contribution in [3.63, 3.8) is 0 Å². The van der Waals surface area contributed by atoms with Crippen LogP contribution >= 0.6 is 0 Å². The van der Waals surface area contributed by atoms with Gasteiger partial charge in [-0.25, -0.2) is 9.37 Å². The second kappa shape index (κ2) is 9.60. The zero-order valence-electron chi connectivity index (χ0n) is 18.5. The van der Waals surface area contributed by atoms with Crippen LogP contribution in [0.3, 0.4) is 0 Å². The van der Waals surface area contributed by atoms with Crippen molar-refractivity contribution < 1.29 is 14.3 Å². The minimum absolute atomic E-state index is 0.0730. The average molecular weight is 447 g/mol.